The highest BCUT2D eigenvalue weighted by atomic mass is 32.1. The molecule has 1 fully saturated rings. The Bertz CT molecular complexity index is 562. The molecule has 2 aromatic rings. The van der Waals surface area contributed by atoms with Gasteiger partial charge in [0.1, 0.15) is 0 Å². The van der Waals surface area contributed by atoms with Crippen LogP contribution in [0.15, 0.2) is 35.8 Å². The number of carbonyl (C=O) groups is 1. The minimum Gasteiger partial charge on any atom is -0.371 e. The summed E-state index contributed by atoms with van der Waals surface area (Å²) >= 11 is 1.43. The summed E-state index contributed by atoms with van der Waals surface area (Å²) in [4.78, 5) is 18.7. The highest BCUT2D eigenvalue weighted by Gasteiger charge is 2.19. The Labute approximate surface area is 116 Å². The predicted molar refractivity (Wildman–Crippen MR) is 78.0 cm³/mol. The van der Waals surface area contributed by atoms with Gasteiger partial charge in [-0.1, -0.05) is 12.1 Å². The number of hydrogen-bond donors (Lipinski definition) is 1. The van der Waals surface area contributed by atoms with Crippen LogP contribution in [0, 0.1) is 0 Å². The van der Waals surface area contributed by atoms with Crippen molar-refractivity contribution in [2.75, 3.05) is 23.3 Å². The van der Waals surface area contributed by atoms with E-state index in [4.69, 9.17) is 0 Å². The molecule has 98 valence electrons. The summed E-state index contributed by atoms with van der Waals surface area (Å²) in [6.07, 6.45) is 4.08. The topological polar surface area (TPSA) is 45.2 Å². The van der Waals surface area contributed by atoms with Gasteiger partial charge in [-0.15, -0.1) is 11.3 Å². The van der Waals surface area contributed by atoms with Gasteiger partial charge in [-0.2, -0.15) is 0 Å². The van der Waals surface area contributed by atoms with Crippen LogP contribution in [0.5, 0.6) is 0 Å². The molecule has 1 saturated heterocycles. The third-order valence-corrected chi connectivity index (χ3v) is 3.94. The van der Waals surface area contributed by atoms with Crippen molar-refractivity contribution in [1.82, 2.24) is 4.98 Å². The minimum atomic E-state index is -0.0857. The molecule has 0 bridgehead atoms. The molecule has 1 aliphatic heterocycles. The van der Waals surface area contributed by atoms with Crippen LogP contribution >= 0.6 is 11.3 Å². The SMILES string of the molecule is O=C(Nc1nccs1)c1ccccc1N1CCCC1. The molecule has 1 aromatic heterocycles. The van der Waals surface area contributed by atoms with Gasteiger partial charge in [0, 0.05) is 30.4 Å². The Kier molecular flexibility index (Phi) is 3.46. The first-order chi connectivity index (χ1) is 9.34. The van der Waals surface area contributed by atoms with E-state index in [-0.39, 0.29) is 5.91 Å². The fourth-order valence-corrected chi connectivity index (χ4v) is 2.87. The number of nitrogens with zero attached hydrogens (tertiary/aromatic N) is 2. The summed E-state index contributed by atoms with van der Waals surface area (Å²) in [5.41, 5.74) is 1.74. The van der Waals surface area contributed by atoms with Crippen LogP contribution in [0.4, 0.5) is 10.8 Å². The second kappa shape index (κ2) is 5.40. The maximum absolute atomic E-state index is 12.3. The zero-order valence-corrected chi connectivity index (χ0v) is 11.3. The number of amides is 1. The van der Waals surface area contributed by atoms with E-state index in [1.807, 2.05) is 29.6 Å². The number of nitrogens with one attached hydrogen (secondary N) is 1. The summed E-state index contributed by atoms with van der Waals surface area (Å²) in [6, 6.07) is 7.77. The van der Waals surface area contributed by atoms with Crippen LogP contribution in [-0.2, 0) is 0 Å². The summed E-state index contributed by atoms with van der Waals surface area (Å²) in [5, 5.41) is 5.33. The number of rotatable bonds is 3. The van der Waals surface area contributed by atoms with Gasteiger partial charge in [0.25, 0.3) is 5.91 Å². The Morgan fingerprint density at radius 3 is 2.79 bits per heavy atom. The fraction of sp³-hybridized carbons (Fsp3) is 0.286. The van der Waals surface area contributed by atoms with Crippen molar-refractivity contribution in [3.63, 3.8) is 0 Å². The number of aromatic nitrogens is 1. The molecule has 4 nitrogen and oxygen atoms in total. The van der Waals surface area contributed by atoms with Crippen LogP contribution in [-0.4, -0.2) is 24.0 Å². The van der Waals surface area contributed by atoms with Crippen LogP contribution in [0.3, 0.4) is 0 Å². The highest BCUT2D eigenvalue weighted by molar-refractivity contribution is 7.13. The molecule has 1 amide bonds. The van der Waals surface area contributed by atoms with Gasteiger partial charge < -0.3 is 4.90 Å². The zero-order chi connectivity index (χ0) is 13.1. The van der Waals surface area contributed by atoms with Gasteiger partial charge in [0.2, 0.25) is 0 Å². The molecule has 0 saturated carbocycles. The summed E-state index contributed by atoms with van der Waals surface area (Å²) in [6.45, 7) is 2.06. The van der Waals surface area contributed by atoms with Crippen molar-refractivity contribution in [3.05, 3.63) is 41.4 Å². The molecule has 1 N–H and O–H groups in total. The van der Waals surface area contributed by atoms with Crippen LogP contribution in [0.2, 0.25) is 0 Å². The molecular weight excluding hydrogens is 258 g/mol. The minimum absolute atomic E-state index is 0.0857. The van der Waals surface area contributed by atoms with Gasteiger partial charge in [-0.25, -0.2) is 4.98 Å². The lowest BCUT2D eigenvalue weighted by molar-refractivity contribution is 0.102. The average Bonchev–Trinajstić information content (AvgIpc) is 3.11. The largest absolute Gasteiger partial charge is 0.371 e. The van der Waals surface area contributed by atoms with E-state index in [2.05, 4.69) is 15.2 Å². The Hall–Kier alpha value is -1.88. The van der Waals surface area contributed by atoms with E-state index in [0.29, 0.717) is 5.13 Å². The second-order valence-corrected chi connectivity index (χ2v) is 5.40. The van der Waals surface area contributed by atoms with Crippen molar-refractivity contribution >= 4 is 28.1 Å². The summed E-state index contributed by atoms with van der Waals surface area (Å²) in [7, 11) is 0. The molecule has 0 radical (unpaired) electrons. The Balaban J connectivity index is 1.85. The molecule has 1 aliphatic rings. The molecule has 1 aromatic carbocycles. The number of hydrogen-bond acceptors (Lipinski definition) is 4. The van der Waals surface area contributed by atoms with Gasteiger partial charge >= 0.3 is 0 Å². The van der Waals surface area contributed by atoms with Crippen molar-refractivity contribution < 1.29 is 4.79 Å². The molecule has 0 atom stereocenters. The van der Waals surface area contributed by atoms with Gasteiger partial charge in [0.15, 0.2) is 5.13 Å². The lowest BCUT2D eigenvalue weighted by Gasteiger charge is -2.20. The number of carbonyl (C=O) groups excluding carboxylic acids is 1. The van der Waals surface area contributed by atoms with Gasteiger partial charge in [0.05, 0.1) is 5.56 Å². The first-order valence-electron chi connectivity index (χ1n) is 6.39. The summed E-state index contributed by atoms with van der Waals surface area (Å²) in [5.74, 6) is -0.0857. The van der Waals surface area contributed by atoms with E-state index in [1.165, 1.54) is 24.2 Å². The smallest absolute Gasteiger partial charge is 0.259 e. The van der Waals surface area contributed by atoms with Crippen LogP contribution in [0.1, 0.15) is 23.2 Å². The first-order valence-corrected chi connectivity index (χ1v) is 7.27. The molecular formula is C14H15N3OS. The number of thiazole rings is 1. The molecule has 0 unspecified atom stereocenters. The van der Waals surface area contributed by atoms with Gasteiger partial charge in [-0.05, 0) is 25.0 Å². The van der Waals surface area contributed by atoms with Crippen LogP contribution < -0.4 is 10.2 Å². The lowest BCUT2D eigenvalue weighted by atomic mass is 10.1. The van der Waals surface area contributed by atoms with E-state index >= 15 is 0 Å². The van der Waals surface area contributed by atoms with E-state index in [0.717, 1.165) is 24.3 Å². The van der Waals surface area contributed by atoms with Crippen molar-refractivity contribution in [3.8, 4) is 0 Å². The third kappa shape index (κ3) is 2.61. The molecule has 0 aliphatic carbocycles. The summed E-state index contributed by atoms with van der Waals surface area (Å²) < 4.78 is 0. The van der Waals surface area contributed by atoms with E-state index < -0.39 is 0 Å². The Morgan fingerprint density at radius 2 is 2.05 bits per heavy atom. The first kappa shape index (κ1) is 12.2. The maximum atomic E-state index is 12.3. The molecule has 3 rings (SSSR count). The standard InChI is InChI=1S/C14H15N3OS/c18-13(16-14-15-7-10-19-14)11-5-1-2-6-12(11)17-8-3-4-9-17/h1-2,5-7,10H,3-4,8-9H2,(H,15,16,18). The normalized spacial score (nSPS) is 14.6. The molecule has 0 spiro atoms. The predicted octanol–water partition coefficient (Wildman–Crippen LogP) is 3.00. The van der Waals surface area contributed by atoms with E-state index in [1.54, 1.807) is 6.20 Å². The van der Waals surface area contributed by atoms with Crippen molar-refractivity contribution in [1.29, 1.82) is 0 Å². The quantitative estimate of drug-likeness (QED) is 0.935. The fourth-order valence-electron chi connectivity index (χ4n) is 2.35. The molecule has 19 heavy (non-hydrogen) atoms. The van der Waals surface area contributed by atoms with E-state index in [9.17, 15) is 4.79 Å². The second-order valence-electron chi connectivity index (χ2n) is 4.50. The van der Waals surface area contributed by atoms with Crippen molar-refractivity contribution in [2.45, 2.75) is 12.8 Å². The van der Waals surface area contributed by atoms with Crippen LogP contribution in [0.25, 0.3) is 0 Å². The van der Waals surface area contributed by atoms with Gasteiger partial charge in [-0.3, -0.25) is 10.1 Å². The average molecular weight is 273 g/mol. The Morgan fingerprint density at radius 1 is 1.26 bits per heavy atom. The zero-order valence-electron chi connectivity index (χ0n) is 10.5. The van der Waals surface area contributed by atoms with Crippen molar-refractivity contribution in [2.24, 2.45) is 0 Å². The molecule has 5 heteroatoms. The number of anilines is 2. The third-order valence-electron chi connectivity index (χ3n) is 3.25. The highest BCUT2D eigenvalue weighted by Crippen LogP contribution is 2.25. The lowest BCUT2D eigenvalue weighted by Crippen LogP contribution is -2.22. The number of benzene rings is 1. The maximum Gasteiger partial charge on any atom is 0.259 e. The number of para-hydroxylation sites is 1. The monoisotopic (exact) mass is 273 g/mol. The molecule has 2 heterocycles.